The number of halogens is 2. The van der Waals surface area contributed by atoms with Crippen LogP contribution in [0, 0.1) is 38.7 Å². The summed E-state index contributed by atoms with van der Waals surface area (Å²) in [5.74, 6) is -4.25. The van der Waals surface area contributed by atoms with Gasteiger partial charge in [0.15, 0.2) is 17.1 Å². The molecule has 220 valence electrons. The van der Waals surface area contributed by atoms with Gasteiger partial charge in [0.1, 0.15) is 6.17 Å². The number of carbonyl (C=O) groups is 3. The molecule has 0 saturated heterocycles. The fourth-order valence-corrected chi connectivity index (χ4v) is 8.50. The number of hydrogen-bond donors (Lipinski definition) is 1. The first-order chi connectivity index (χ1) is 19.0. The highest BCUT2D eigenvalue weighted by atomic mass is 19.1. The van der Waals surface area contributed by atoms with Gasteiger partial charge in [-0.1, -0.05) is 19.9 Å². The van der Waals surface area contributed by atoms with Gasteiger partial charge in [-0.2, -0.15) is 0 Å². The Morgan fingerprint density at radius 3 is 2.37 bits per heavy atom. The first-order valence-corrected chi connectivity index (χ1v) is 13.7. The minimum atomic E-state index is -2.35. The van der Waals surface area contributed by atoms with E-state index in [1.54, 1.807) is 13.8 Å². The van der Waals surface area contributed by atoms with Crippen molar-refractivity contribution in [3.8, 4) is 0 Å². The second kappa shape index (κ2) is 9.27. The van der Waals surface area contributed by atoms with Crippen molar-refractivity contribution in [1.82, 2.24) is 4.90 Å². The second-order valence-electron chi connectivity index (χ2n) is 12.6. The molecule has 1 aromatic carbocycles. The Hall–Kier alpha value is -3.47. The first kappa shape index (κ1) is 29.0. The van der Waals surface area contributed by atoms with Crippen molar-refractivity contribution in [2.75, 3.05) is 14.1 Å². The predicted molar refractivity (Wildman–Crippen MR) is 143 cm³/mol. The molecular formula is C30H34F2N2O7. The highest BCUT2D eigenvalue weighted by molar-refractivity contribution is 6.01. The summed E-state index contributed by atoms with van der Waals surface area (Å²) in [5, 5.41) is 22.7. The Kier molecular flexibility index (Phi) is 6.57. The van der Waals surface area contributed by atoms with E-state index >= 15 is 8.78 Å². The standard InChI is InChI=1S/C30H34F2N2O7/c1-16-12-20-21-14-23(31)22-13-19(35)10-11-27(22,2)29(21,32)24(36)15-28(20,3)30(16,26(38)33(4)5)41-25(37)17-6-8-18(9-7-17)34(39)40/h6-11,13,16,20-21,23-24,36H,12,14-15H2,1-5H3/t16-,20+,21+,23+,24+,27+,28+,29+,30+/m1/s1. The van der Waals surface area contributed by atoms with E-state index in [0.717, 1.165) is 18.2 Å². The molecular weight excluding hydrogens is 538 g/mol. The van der Waals surface area contributed by atoms with Crippen LogP contribution in [0.15, 0.2) is 48.1 Å². The van der Waals surface area contributed by atoms with Crippen LogP contribution in [0.5, 0.6) is 0 Å². The van der Waals surface area contributed by atoms with Gasteiger partial charge >= 0.3 is 5.97 Å². The average Bonchev–Trinajstić information content (AvgIpc) is 3.13. The predicted octanol–water partition coefficient (Wildman–Crippen LogP) is 4.14. The van der Waals surface area contributed by atoms with Crippen molar-refractivity contribution in [2.45, 2.75) is 63.6 Å². The van der Waals surface area contributed by atoms with Gasteiger partial charge in [0.05, 0.1) is 16.6 Å². The van der Waals surface area contributed by atoms with Gasteiger partial charge in [-0.3, -0.25) is 19.7 Å². The summed E-state index contributed by atoms with van der Waals surface area (Å²) >= 11 is 0. The van der Waals surface area contributed by atoms with Crippen LogP contribution in [-0.2, 0) is 14.3 Å². The Labute approximate surface area is 236 Å². The van der Waals surface area contributed by atoms with Crippen LogP contribution in [0.4, 0.5) is 14.5 Å². The maximum Gasteiger partial charge on any atom is 0.339 e. The van der Waals surface area contributed by atoms with E-state index in [0.29, 0.717) is 0 Å². The number of aliphatic hydroxyl groups is 1. The van der Waals surface area contributed by atoms with Gasteiger partial charge in [0.2, 0.25) is 0 Å². The van der Waals surface area contributed by atoms with E-state index in [4.69, 9.17) is 4.74 Å². The van der Waals surface area contributed by atoms with Crippen molar-refractivity contribution >= 4 is 23.3 Å². The summed E-state index contributed by atoms with van der Waals surface area (Å²) in [6, 6.07) is 4.77. The fraction of sp³-hybridized carbons (Fsp3) is 0.567. The number of non-ortho nitro benzene ring substituents is 1. The molecule has 4 aliphatic carbocycles. The topological polar surface area (TPSA) is 127 Å². The van der Waals surface area contributed by atoms with Gasteiger partial charge in [-0.25, -0.2) is 13.6 Å². The van der Waals surface area contributed by atoms with Gasteiger partial charge < -0.3 is 14.7 Å². The van der Waals surface area contributed by atoms with Gasteiger partial charge in [0.25, 0.3) is 11.6 Å². The fourth-order valence-electron chi connectivity index (χ4n) is 8.50. The Morgan fingerprint density at radius 1 is 1.15 bits per heavy atom. The van der Waals surface area contributed by atoms with E-state index in [9.17, 15) is 29.6 Å². The molecule has 1 amide bonds. The van der Waals surface area contributed by atoms with E-state index < -0.39 is 74.7 Å². The molecule has 1 aromatic rings. The molecule has 0 heterocycles. The minimum Gasteiger partial charge on any atom is -0.444 e. The second-order valence-corrected chi connectivity index (χ2v) is 12.6. The van der Waals surface area contributed by atoms with Crippen molar-refractivity contribution < 1.29 is 37.9 Å². The van der Waals surface area contributed by atoms with Crippen molar-refractivity contribution in [1.29, 1.82) is 0 Å². The highest BCUT2D eigenvalue weighted by Gasteiger charge is 2.78. The molecule has 0 spiro atoms. The quantitative estimate of drug-likeness (QED) is 0.326. The lowest BCUT2D eigenvalue weighted by molar-refractivity contribution is -0.384. The number of nitrogens with zero attached hydrogens (tertiary/aromatic N) is 2. The monoisotopic (exact) mass is 572 g/mol. The lowest BCUT2D eigenvalue weighted by atomic mass is 9.44. The first-order valence-electron chi connectivity index (χ1n) is 13.7. The van der Waals surface area contributed by atoms with Crippen LogP contribution < -0.4 is 0 Å². The molecule has 1 N–H and O–H groups in total. The molecule has 11 heteroatoms. The van der Waals surface area contributed by atoms with E-state index in [1.165, 1.54) is 50.2 Å². The zero-order chi connectivity index (χ0) is 30.3. The SMILES string of the molecule is C[C@@H]1C[C@H]2[C@@H]3C[C@H](F)C4=CC(=O)C=C[C@]4(C)[C@@]3(F)[C@@H](O)C[C@]2(C)[C@@]1(OC(=O)c1ccc([N+](=O)[O-])cc1)C(=O)N(C)C. The summed E-state index contributed by atoms with van der Waals surface area (Å²) in [6.45, 7) is 4.91. The maximum absolute atomic E-state index is 17.5. The molecule has 0 unspecified atom stereocenters. The molecule has 3 saturated carbocycles. The number of ketones is 1. The van der Waals surface area contributed by atoms with E-state index in [2.05, 4.69) is 0 Å². The summed E-state index contributed by atoms with van der Waals surface area (Å²) in [7, 11) is 3.01. The molecule has 0 bridgehead atoms. The lowest BCUT2D eigenvalue weighted by Crippen LogP contribution is -2.71. The number of alkyl halides is 2. The zero-order valence-electron chi connectivity index (χ0n) is 23.6. The molecule has 3 fully saturated rings. The number of amides is 1. The Morgan fingerprint density at radius 2 is 1.78 bits per heavy atom. The number of aliphatic hydroxyl groups excluding tert-OH is 1. The molecule has 9 nitrogen and oxygen atoms in total. The van der Waals surface area contributed by atoms with Crippen molar-refractivity contribution in [3.63, 3.8) is 0 Å². The maximum atomic E-state index is 17.5. The number of ether oxygens (including phenoxy) is 1. The van der Waals surface area contributed by atoms with E-state index in [-0.39, 0.29) is 36.1 Å². The van der Waals surface area contributed by atoms with Crippen molar-refractivity contribution in [2.24, 2.45) is 28.6 Å². The van der Waals surface area contributed by atoms with E-state index in [1.807, 2.05) is 0 Å². The molecule has 0 radical (unpaired) electrons. The minimum absolute atomic E-state index is 0.00215. The third-order valence-corrected chi connectivity index (χ3v) is 10.5. The number of nitro benzene ring substituents is 1. The lowest BCUT2D eigenvalue weighted by Gasteiger charge is -2.63. The number of rotatable bonds is 4. The van der Waals surface area contributed by atoms with Crippen molar-refractivity contribution in [3.05, 3.63) is 63.7 Å². The van der Waals surface area contributed by atoms with Gasteiger partial charge in [0, 0.05) is 48.9 Å². The Bertz CT molecular complexity index is 1390. The number of carbonyl (C=O) groups excluding carboxylic acids is 3. The summed E-state index contributed by atoms with van der Waals surface area (Å²) in [4.78, 5) is 51.4. The smallest absolute Gasteiger partial charge is 0.339 e. The van der Waals surface area contributed by atoms with Crippen LogP contribution in [0.2, 0.25) is 0 Å². The number of esters is 1. The molecule has 5 rings (SSSR count). The third kappa shape index (κ3) is 3.70. The summed E-state index contributed by atoms with van der Waals surface area (Å²) < 4.78 is 39.4. The Balaban J connectivity index is 1.61. The van der Waals surface area contributed by atoms with Crippen LogP contribution in [0.25, 0.3) is 0 Å². The van der Waals surface area contributed by atoms with Gasteiger partial charge in [-0.15, -0.1) is 0 Å². The third-order valence-electron chi connectivity index (χ3n) is 10.5. The highest BCUT2D eigenvalue weighted by Crippen LogP contribution is 2.71. The molecule has 9 atom stereocenters. The van der Waals surface area contributed by atoms with Crippen LogP contribution in [0.1, 0.15) is 50.4 Å². The van der Waals surface area contributed by atoms with Crippen LogP contribution >= 0.6 is 0 Å². The number of allylic oxidation sites excluding steroid dienone is 4. The molecule has 4 aliphatic rings. The number of nitro groups is 1. The normalized spacial score (nSPS) is 41.0. The summed E-state index contributed by atoms with van der Waals surface area (Å²) in [5.41, 5.74) is -7.31. The molecule has 0 aromatic heterocycles. The molecule has 41 heavy (non-hydrogen) atoms. The summed E-state index contributed by atoms with van der Waals surface area (Å²) in [6.07, 6.45) is 0.00249. The van der Waals surface area contributed by atoms with Crippen LogP contribution in [0.3, 0.4) is 0 Å². The molecule has 0 aliphatic heterocycles. The largest absolute Gasteiger partial charge is 0.444 e. The number of benzene rings is 1. The van der Waals surface area contributed by atoms with Crippen LogP contribution in [-0.4, -0.2) is 70.2 Å². The average molecular weight is 573 g/mol. The van der Waals surface area contributed by atoms with Gasteiger partial charge in [-0.05, 0) is 62.0 Å². The number of hydrogen-bond acceptors (Lipinski definition) is 7. The number of fused-ring (bicyclic) bond motifs is 5. The number of likely N-dealkylation sites (N-methyl/N-ethyl adjacent to an activating group) is 1. The zero-order valence-corrected chi connectivity index (χ0v) is 23.6.